The minimum absolute atomic E-state index is 0.339. The van der Waals surface area contributed by atoms with E-state index in [-0.39, 0.29) is 5.91 Å². The third-order valence-corrected chi connectivity index (χ3v) is 4.84. The maximum atomic E-state index is 12.0. The van der Waals surface area contributed by atoms with Crippen LogP contribution in [0.5, 0.6) is 0 Å². The van der Waals surface area contributed by atoms with Gasteiger partial charge in [-0.15, -0.1) is 0 Å². The number of nitrogens with one attached hydrogen (secondary N) is 1. The van der Waals surface area contributed by atoms with Crippen LogP contribution in [0.2, 0.25) is 5.02 Å². The summed E-state index contributed by atoms with van der Waals surface area (Å²) in [5, 5.41) is 3.24. The molecule has 0 spiro atoms. The van der Waals surface area contributed by atoms with Gasteiger partial charge in [0, 0.05) is 23.8 Å². The van der Waals surface area contributed by atoms with Gasteiger partial charge >= 0.3 is 0 Å². The molecule has 0 atom stereocenters. The fraction of sp³-hybridized carbons (Fsp3) is 0.118. The molecule has 0 unspecified atom stereocenters. The Morgan fingerprint density at radius 1 is 1.17 bits per heavy atom. The maximum Gasteiger partial charge on any atom is 0.248 e. The normalized spacial score (nSPS) is 11.5. The molecular formula is C17H17ClN2O3S. The van der Waals surface area contributed by atoms with Crippen molar-refractivity contribution in [3.63, 3.8) is 0 Å². The van der Waals surface area contributed by atoms with Crippen LogP contribution < -0.4 is 9.62 Å². The van der Waals surface area contributed by atoms with Crippen LogP contribution in [0, 0.1) is 0 Å². The first-order chi connectivity index (χ1) is 11.3. The zero-order valence-electron chi connectivity index (χ0n) is 13.2. The van der Waals surface area contributed by atoms with Crippen LogP contribution in [0.1, 0.15) is 5.56 Å². The van der Waals surface area contributed by atoms with Crippen LogP contribution in [0.25, 0.3) is 6.08 Å². The second-order valence-electron chi connectivity index (χ2n) is 5.12. The van der Waals surface area contributed by atoms with Crippen molar-refractivity contribution in [2.45, 2.75) is 0 Å². The van der Waals surface area contributed by atoms with Crippen LogP contribution in [0.3, 0.4) is 0 Å². The first-order valence-corrected chi connectivity index (χ1v) is 9.27. The van der Waals surface area contributed by atoms with Crippen LogP contribution in [-0.4, -0.2) is 27.6 Å². The Kier molecular flexibility index (Phi) is 5.64. The summed E-state index contributed by atoms with van der Waals surface area (Å²) in [4.78, 5) is 12.0. The monoisotopic (exact) mass is 364 g/mol. The number of carbonyl (C=O) groups is 1. The van der Waals surface area contributed by atoms with E-state index in [9.17, 15) is 13.2 Å². The number of amides is 1. The summed E-state index contributed by atoms with van der Waals surface area (Å²) < 4.78 is 24.3. The first kappa shape index (κ1) is 18.0. The Morgan fingerprint density at radius 2 is 1.88 bits per heavy atom. The number of nitrogens with zero attached hydrogens (tertiary/aromatic N) is 1. The fourth-order valence-corrected chi connectivity index (χ4v) is 2.63. The van der Waals surface area contributed by atoms with Gasteiger partial charge in [0.2, 0.25) is 15.9 Å². The van der Waals surface area contributed by atoms with E-state index < -0.39 is 10.0 Å². The molecule has 5 nitrogen and oxygen atoms in total. The molecule has 7 heteroatoms. The smallest absolute Gasteiger partial charge is 0.248 e. The molecule has 0 saturated carbocycles. The first-order valence-electron chi connectivity index (χ1n) is 7.05. The van der Waals surface area contributed by atoms with Crippen molar-refractivity contribution in [3.8, 4) is 0 Å². The summed E-state index contributed by atoms with van der Waals surface area (Å²) in [6.07, 6.45) is 4.10. The Hall–Kier alpha value is -2.31. The number of anilines is 2. The van der Waals surface area contributed by atoms with Crippen molar-refractivity contribution in [2.75, 3.05) is 22.9 Å². The Morgan fingerprint density at radius 3 is 2.54 bits per heavy atom. The van der Waals surface area contributed by atoms with Crippen LogP contribution >= 0.6 is 11.6 Å². The summed E-state index contributed by atoms with van der Waals surface area (Å²) in [5.41, 5.74) is 1.70. The van der Waals surface area contributed by atoms with Crippen LogP contribution in [0.15, 0.2) is 54.6 Å². The molecule has 0 heterocycles. The SMILES string of the molecule is CN(c1cccc(NC(=O)C=Cc2ccccc2Cl)c1)S(C)(=O)=O. The fourth-order valence-electron chi connectivity index (χ4n) is 1.93. The topological polar surface area (TPSA) is 66.5 Å². The van der Waals surface area contributed by atoms with E-state index in [1.54, 1.807) is 42.5 Å². The molecule has 0 aromatic heterocycles. The highest BCUT2D eigenvalue weighted by Crippen LogP contribution is 2.20. The third-order valence-electron chi connectivity index (χ3n) is 3.29. The van der Waals surface area contributed by atoms with Gasteiger partial charge in [0.05, 0.1) is 11.9 Å². The molecule has 2 aromatic rings. The van der Waals surface area contributed by atoms with Gasteiger partial charge in [-0.3, -0.25) is 9.10 Å². The predicted molar refractivity (Wildman–Crippen MR) is 98.8 cm³/mol. The lowest BCUT2D eigenvalue weighted by atomic mass is 10.2. The molecule has 126 valence electrons. The molecule has 0 fully saturated rings. The van der Waals surface area contributed by atoms with Gasteiger partial charge in [0.25, 0.3) is 0 Å². The number of benzene rings is 2. The molecule has 0 aliphatic rings. The van der Waals surface area contributed by atoms with Gasteiger partial charge in [0.15, 0.2) is 0 Å². The molecule has 1 amide bonds. The highest BCUT2D eigenvalue weighted by molar-refractivity contribution is 7.92. The lowest BCUT2D eigenvalue weighted by Gasteiger charge is -2.17. The van der Waals surface area contributed by atoms with E-state index >= 15 is 0 Å². The van der Waals surface area contributed by atoms with Crippen molar-refractivity contribution in [1.29, 1.82) is 0 Å². The van der Waals surface area contributed by atoms with E-state index in [2.05, 4.69) is 5.32 Å². The van der Waals surface area contributed by atoms with E-state index in [0.29, 0.717) is 16.4 Å². The van der Waals surface area contributed by atoms with Gasteiger partial charge in [-0.05, 0) is 35.9 Å². The minimum atomic E-state index is -3.36. The number of halogens is 1. The average molecular weight is 365 g/mol. The van der Waals surface area contributed by atoms with E-state index in [4.69, 9.17) is 11.6 Å². The van der Waals surface area contributed by atoms with E-state index in [1.165, 1.54) is 13.1 Å². The molecule has 2 aromatic carbocycles. The number of hydrogen-bond donors (Lipinski definition) is 1. The number of carbonyl (C=O) groups excluding carboxylic acids is 1. The average Bonchev–Trinajstić information content (AvgIpc) is 2.53. The molecule has 24 heavy (non-hydrogen) atoms. The van der Waals surface area contributed by atoms with Crippen molar-refractivity contribution < 1.29 is 13.2 Å². The van der Waals surface area contributed by atoms with Crippen molar-refractivity contribution in [1.82, 2.24) is 0 Å². The van der Waals surface area contributed by atoms with E-state index in [1.807, 2.05) is 12.1 Å². The quantitative estimate of drug-likeness (QED) is 0.827. The second-order valence-corrected chi connectivity index (χ2v) is 7.55. The van der Waals surface area contributed by atoms with Crippen LogP contribution in [0.4, 0.5) is 11.4 Å². The van der Waals surface area contributed by atoms with Gasteiger partial charge < -0.3 is 5.32 Å². The molecule has 2 rings (SSSR count). The Balaban J connectivity index is 2.11. The largest absolute Gasteiger partial charge is 0.322 e. The zero-order chi connectivity index (χ0) is 17.7. The highest BCUT2D eigenvalue weighted by Gasteiger charge is 2.12. The molecule has 1 N–H and O–H groups in total. The standard InChI is InChI=1S/C17H17ClN2O3S/c1-20(24(2,22)23)15-8-5-7-14(12-15)19-17(21)11-10-13-6-3-4-9-16(13)18/h3-12H,1-2H3,(H,19,21). The predicted octanol–water partition coefficient (Wildman–Crippen LogP) is 3.39. The number of rotatable bonds is 5. The van der Waals surface area contributed by atoms with Gasteiger partial charge in [-0.25, -0.2) is 8.42 Å². The van der Waals surface area contributed by atoms with Crippen LogP contribution in [-0.2, 0) is 14.8 Å². The highest BCUT2D eigenvalue weighted by atomic mass is 35.5. The van der Waals surface area contributed by atoms with Crippen molar-refractivity contribution in [3.05, 3.63) is 65.2 Å². The van der Waals surface area contributed by atoms with Crippen molar-refractivity contribution >= 4 is 45.0 Å². The summed E-state index contributed by atoms with van der Waals surface area (Å²) in [5.74, 6) is -0.339. The van der Waals surface area contributed by atoms with Gasteiger partial charge in [-0.2, -0.15) is 0 Å². The van der Waals surface area contributed by atoms with Crippen molar-refractivity contribution in [2.24, 2.45) is 0 Å². The van der Waals surface area contributed by atoms with Gasteiger partial charge in [-0.1, -0.05) is 35.9 Å². The van der Waals surface area contributed by atoms with Gasteiger partial charge in [0.1, 0.15) is 0 Å². The Bertz CT molecular complexity index is 879. The third kappa shape index (κ3) is 4.84. The summed E-state index contributed by atoms with van der Waals surface area (Å²) >= 11 is 6.02. The molecular weight excluding hydrogens is 348 g/mol. The molecule has 0 aliphatic carbocycles. The zero-order valence-corrected chi connectivity index (χ0v) is 14.8. The van der Waals surface area contributed by atoms with E-state index in [0.717, 1.165) is 16.1 Å². The maximum absolute atomic E-state index is 12.0. The molecule has 0 radical (unpaired) electrons. The summed E-state index contributed by atoms with van der Waals surface area (Å²) in [7, 11) is -1.91. The molecule has 0 saturated heterocycles. The summed E-state index contributed by atoms with van der Waals surface area (Å²) in [6, 6.07) is 13.8. The Labute approximate surface area is 146 Å². The molecule has 0 aliphatic heterocycles. The summed E-state index contributed by atoms with van der Waals surface area (Å²) in [6.45, 7) is 0. The minimum Gasteiger partial charge on any atom is -0.322 e. The molecule has 0 bridgehead atoms. The second kappa shape index (κ2) is 7.51. The lowest BCUT2D eigenvalue weighted by molar-refractivity contribution is -0.111. The lowest BCUT2D eigenvalue weighted by Crippen LogP contribution is -2.24. The number of hydrogen-bond acceptors (Lipinski definition) is 3. The number of sulfonamides is 1.